The van der Waals surface area contributed by atoms with Crippen LogP contribution in [0.5, 0.6) is 0 Å². The summed E-state index contributed by atoms with van der Waals surface area (Å²) in [4.78, 5) is 26.5. The summed E-state index contributed by atoms with van der Waals surface area (Å²) >= 11 is 0. The van der Waals surface area contributed by atoms with E-state index in [4.69, 9.17) is 0 Å². The first-order chi connectivity index (χ1) is 13.3. The minimum Gasteiger partial charge on any atom is -0.348 e. The molecule has 2 aliphatic rings. The lowest BCUT2D eigenvalue weighted by molar-refractivity contribution is -0.137. The maximum atomic E-state index is 12.5. The van der Waals surface area contributed by atoms with Gasteiger partial charge in [-0.2, -0.15) is 13.2 Å². The third-order valence-electron chi connectivity index (χ3n) is 5.72. The summed E-state index contributed by atoms with van der Waals surface area (Å²) in [6.07, 6.45) is 2.75. The van der Waals surface area contributed by atoms with Crippen LogP contribution in [0.4, 0.5) is 18.9 Å². The van der Waals surface area contributed by atoms with Gasteiger partial charge < -0.3 is 15.5 Å². The molecule has 1 saturated heterocycles. The van der Waals surface area contributed by atoms with Crippen molar-refractivity contribution in [2.45, 2.75) is 50.7 Å². The van der Waals surface area contributed by atoms with E-state index in [2.05, 4.69) is 15.5 Å². The zero-order valence-corrected chi connectivity index (χ0v) is 15.7. The van der Waals surface area contributed by atoms with Crippen LogP contribution in [0.1, 0.15) is 44.1 Å². The zero-order valence-electron chi connectivity index (χ0n) is 15.7. The lowest BCUT2D eigenvalue weighted by Crippen LogP contribution is -2.44. The van der Waals surface area contributed by atoms with Crippen LogP contribution in [0.3, 0.4) is 0 Å². The molecule has 2 amide bonds. The smallest absolute Gasteiger partial charge is 0.348 e. The van der Waals surface area contributed by atoms with E-state index in [0.717, 1.165) is 50.2 Å². The molecule has 0 spiro atoms. The Kier molecular flexibility index (Phi) is 6.59. The Morgan fingerprint density at radius 1 is 0.964 bits per heavy atom. The number of carbonyl (C=O) groups is 2. The molecule has 8 heteroatoms. The van der Waals surface area contributed by atoms with Gasteiger partial charge in [0, 0.05) is 18.3 Å². The van der Waals surface area contributed by atoms with E-state index in [-0.39, 0.29) is 5.69 Å². The molecule has 28 heavy (non-hydrogen) atoms. The lowest BCUT2D eigenvalue weighted by atomic mass is 9.95. The molecule has 1 saturated carbocycles. The van der Waals surface area contributed by atoms with E-state index >= 15 is 0 Å². The highest BCUT2D eigenvalue weighted by molar-refractivity contribution is 6.39. The van der Waals surface area contributed by atoms with Gasteiger partial charge in [0.15, 0.2) is 0 Å². The lowest BCUT2D eigenvalue weighted by Gasteiger charge is -2.36. The fraction of sp³-hybridized carbons (Fsp3) is 0.600. The van der Waals surface area contributed by atoms with Crippen LogP contribution >= 0.6 is 0 Å². The van der Waals surface area contributed by atoms with E-state index in [0.29, 0.717) is 18.5 Å². The van der Waals surface area contributed by atoms with Crippen molar-refractivity contribution in [1.82, 2.24) is 10.2 Å². The molecule has 5 nitrogen and oxygen atoms in total. The molecule has 3 rings (SSSR count). The molecule has 0 atom stereocenters. The summed E-state index contributed by atoms with van der Waals surface area (Å²) < 4.78 is 37.6. The number of piperidine rings is 1. The summed E-state index contributed by atoms with van der Waals surface area (Å²) in [6.45, 7) is 2.50. The second-order valence-corrected chi connectivity index (χ2v) is 7.66. The maximum absolute atomic E-state index is 12.5. The zero-order chi connectivity index (χ0) is 20.1. The number of halogens is 3. The number of carbonyl (C=O) groups excluding carboxylic acids is 2. The summed E-state index contributed by atoms with van der Waals surface area (Å²) in [5, 5.41) is 4.97. The Morgan fingerprint density at radius 2 is 1.57 bits per heavy atom. The number of benzene rings is 1. The van der Waals surface area contributed by atoms with E-state index < -0.39 is 23.6 Å². The van der Waals surface area contributed by atoms with Gasteiger partial charge in [-0.3, -0.25) is 9.59 Å². The molecule has 0 unspecified atom stereocenters. The van der Waals surface area contributed by atoms with Crippen LogP contribution in [0.2, 0.25) is 0 Å². The van der Waals surface area contributed by atoms with Crippen LogP contribution in [0.15, 0.2) is 24.3 Å². The third kappa shape index (κ3) is 5.47. The van der Waals surface area contributed by atoms with E-state index in [1.807, 2.05) is 0 Å². The molecule has 1 aromatic carbocycles. The van der Waals surface area contributed by atoms with Crippen LogP contribution in [-0.4, -0.2) is 42.4 Å². The van der Waals surface area contributed by atoms with Crippen LogP contribution in [-0.2, 0) is 15.8 Å². The summed E-state index contributed by atoms with van der Waals surface area (Å²) in [5.74, 6) is -1.29. The summed E-state index contributed by atoms with van der Waals surface area (Å²) in [5.41, 5.74) is -0.656. The number of alkyl halides is 3. The Bertz CT molecular complexity index is 677. The van der Waals surface area contributed by atoms with Crippen molar-refractivity contribution >= 4 is 17.5 Å². The van der Waals surface area contributed by atoms with Gasteiger partial charge in [0.1, 0.15) is 0 Å². The van der Waals surface area contributed by atoms with Crippen LogP contribution in [0.25, 0.3) is 0 Å². The Labute approximate surface area is 162 Å². The molecule has 1 heterocycles. The van der Waals surface area contributed by atoms with Gasteiger partial charge in [0.2, 0.25) is 0 Å². The van der Waals surface area contributed by atoms with Crippen molar-refractivity contribution in [2.75, 3.05) is 25.0 Å². The van der Waals surface area contributed by atoms with Crippen LogP contribution in [0, 0.1) is 5.92 Å². The quantitative estimate of drug-likeness (QED) is 0.766. The number of amides is 2. The predicted molar refractivity (Wildman–Crippen MR) is 99.6 cm³/mol. The summed E-state index contributed by atoms with van der Waals surface area (Å²) in [7, 11) is 0. The highest BCUT2D eigenvalue weighted by atomic mass is 19.4. The van der Waals surface area contributed by atoms with Crippen molar-refractivity contribution in [3.63, 3.8) is 0 Å². The average Bonchev–Trinajstić information content (AvgIpc) is 3.21. The monoisotopic (exact) mass is 397 g/mol. The molecular formula is C20H26F3N3O2. The van der Waals surface area contributed by atoms with Gasteiger partial charge >= 0.3 is 18.0 Å². The maximum Gasteiger partial charge on any atom is 0.416 e. The Hall–Kier alpha value is -2.09. The minimum atomic E-state index is -4.44. The number of anilines is 1. The van der Waals surface area contributed by atoms with Crippen molar-refractivity contribution < 1.29 is 22.8 Å². The van der Waals surface area contributed by atoms with E-state index in [1.165, 1.54) is 25.7 Å². The Morgan fingerprint density at radius 3 is 2.14 bits per heavy atom. The third-order valence-corrected chi connectivity index (χ3v) is 5.72. The average molecular weight is 397 g/mol. The number of likely N-dealkylation sites (tertiary alicyclic amines) is 1. The number of hydrogen-bond donors (Lipinski definition) is 2. The Balaban J connectivity index is 1.39. The van der Waals surface area contributed by atoms with Crippen molar-refractivity contribution in [2.24, 2.45) is 5.92 Å². The molecule has 0 aromatic heterocycles. The molecule has 0 bridgehead atoms. The van der Waals surface area contributed by atoms with Crippen LogP contribution < -0.4 is 10.6 Å². The first-order valence-corrected chi connectivity index (χ1v) is 9.83. The molecule has 2 N–H and O–H groups in total. The molecule has 2 fully saturated rings. The van der Waals surface area contributed by atoms with Gasteiger partial charge in [0.25, 0.3) is 0 Å². The molecular weight excluding hydrogens is 371 g/mol. The second kappa shape index (κ2) is 8.94. The van der Waals surface area contributed by atoms with Gasteiger partial charge in [-0.25, -0.2) is 0 Å². The van der Waals surface area contributed by atoms with Gasteiger partial charge in [-0.05, 0) is 69.0 Å². The number of nitrogens with zero attached hydrogens (tertiary/aromatic N) is 1. The van der Waals surface area contributed by atoms with Crippen molar-refractivity contribution in [3.05, 3.63) is 29.8 Å². The number of rotatable bonds is 4. The van der Waals surface area contributed by atoms with E-state index in [1.54, 1.807) is 0 Å². The predicted octanol–water partition coefficient (Wildman–Crippen LogP) is 3.41. The molecule has 1 aromatic rings. The summed E-state index contributed by atoms with van der Waals surface area (Å²) in [6, 6.07) is 4.71. The molecule has 1 aliphatic carbocycles. The van der Waals surface area contributed by atoms with Crippen molar-refractivity contribution in [1.29, 1.82) is 0 Å². The number of hydrogen-bond acceptors (Lipinski definition) is 3. The fourth-order valence-corrected chi connectivity index (χ4v) is 4.04. The molecule has 0 radical (unpaired) electrons. The number of nitrogens with one attached hydrogen (secondary N) is 2. The molecule has 1 aliphatic heterocycles. The highest BCUT2D eigenvalue weighted by Crippen LogP contribution is 2.30. The standard InChI is InChI=1S/C20H26F3N3O2/c21-20(22,23)15-5-7-16(8-6-15)25-19(28)18(27)24-13-14-9-11-26(12-10-14)17-3-1-2-4-17/h5-8,14,17H,1-4,9-13H2,(H,24,27)(H,25,28). The van der Waals surface area contributed by atoms with Gasteiger partial charge in [-0.1, -0.05) is 12.8 Å². The fourth-order valence-electron chi connectivity index (χ4n) is 4.04. The normalized spacial score (nSPS) is 19.5. The first-order valence-electron chi connectivity index (χ1n) is 9.83. The second-order valence-electron chi connectivity index (χ2n) is 7.66. The largest absolute Gasteiger partial charge is 0.416 e. The van der Waals surface area contributed by atoms with Crippen molar-refractivity contribution in [3.8, 4) is 0 Å². The topological polar surface area (TPSA) is 61.4 Å². The SMILES string of the molecule is O=C(NCC1CCN(C2CCCC2)CC1)C(=O)Nc1ccc(C(F)(F)F)cc1. The minimum absolute atomic E-state index is 0.151. The molecule has 154 valence electrons. The van der Waals surface area contributed by atoms with Gasteiger partial charge in [-0.15, -0.1) is 0 Å². The first kappa shape index (κ1) is 20.6. The van der Waals surface area contributed by atoms with E-state index in [9.17, 15) is 22.8 Å². The van der Waals surface area contributed by atoms with Gasteiger partial charge in [0.05, 0.1) is 5.56 Å². The highest BCUT2D eigenvalue weighted by Gasteiger charge is 2.30.